The predicted molar refractivity (Wildman–Crippen MR) is 77.7 cm³/mol. The quantitative estimate of drug-likeness (QED) is 0.704. The third-order valence-electron chi connectivity index (χ3n) is 3.33. The van der Waals surface area contributed by atoms with Gasteiger partial charge in [-0.05, 0) is 37.1 Å². The number of nitrogens with zero attached hydrogens (tertiary/aromatic N) is 1. The van der Waals surface area contributed by atoms with Gasteiger partial charge in [-0.2, -0.15) is 0 Å². The summed E-state index contributed by atoms with van der Waals surface area (Å²) >= 11 is 0. The van der Waals surface area contributed by atoms with E-state index in [9.17, 15) is 0 Å². The second-order valence-corrected chi connectivity index (χ2v) is 4.80. The highest BCUT2D eigenvalue weighted by molar-refractivity contribution is 5.27. The van der Waals surface area contributed by atoms with Gasteiger partial charge in [0.25, 0.3) is 0 Å². The van der Waals surface area contributed by atoms with E-state index in [1.165, 1.54) is 12.0 Å². The van der Waals surface area contributed by atoms with Crippen LogP contribution < -0.4 is 4.74 Å². The van der Waals surface area contributed by atoms with E-state index in [0.717, 1.165) is 45.0 Å². The van der Waals surface area contributed by atoms with Gasteiger partial charge < -0.3 is 9.47 Å². The number of morpholine rings is 1. The fourth-order valence-electron chi connectivity index (χ4n) is 2.24. The topological polar surface area (TPSA) is 21.7 Å². The third kappa shape index (κ3) is 5.05. The van der Waals surface area contributed by atoms with Gasteiger partial charge in [0.2, 0.25) is 0 Å². The van der Waals surface area contributed by atoms with Gasteiger partial charge in [-0.25, -0.2) is 0 Å². The molecule has 1 saturated heterocycles. The summed E-state index contributed by atoms with van der Waals surface area (Å²) in [5.41, 5.74) is 1.37. The van der Waals surface area contributed by atoms with E-state index < -0.39 is 0 Å². The SMILES string of the molecule is C=CCOc1ccc(CCCN2CCOCC2)cc1. The van der Waals surface area contributed by atoms with Gasteiger partial charge in [-0.3, -0.25) is 4.90 Å². The molecule has 3 nitrogen and oxygen atoms in total. The van der Waals surface area contributed by atoms with Crippen LogP contribution in [0.4, 0.5) is 0 Å². The first-order valence-electron chi connectivity index (χ1n) is 7.01. The minimum absolute atomic E-state index is 0.566. The molecule has 1 aliphatic heterocycles. The molecular weight excluding hydrogens is 238 g/mol. The summed E-state index contributed by atoms with van der Waals surface area (Å²) in [5, 5.41) is 0. The fourth-order valence-corrected chi connectivity index (χ4v) is 2.24. The van der Waals surface area contributed by atoms with Crippen molar-refractivity contribution in [1.82, 2.24) is 4.90 Å². The Morgan fingerprint density at radius 3 is 2.63 bits per heavy atom. The normalized spacial score (nSPS) is 16.2. The average Bonchev–Trinajstić information content (AvgIpc) is 2.47. The van der Waals surface area contributed by atoms with E-state index in [4.69, 9.17) is 9.47 Å². The molecule has 0 aromatic heterocycles. The minimum Gasteiger partial charge on any atom is -0.490 e. The number of hydrogen-bond donors (Lipinski definition) is 0. The Morgan fingerprint density at radius 1 is 1.21 bits per heavy atom. The Labute approximate surface area is 115 Å². The maximum Gasteiger partial charge on any atom is 0.119 e. The molecule has 1 aliphatic rings. The van der Waals surface area contributed by atoms with Crippen LogP contribution in [0.1, 0.15) is 12.0 Å². The van der Waals surface area contributed by atoms with E-state index >= 15 is 0 Å². The van der Waals surface area contributed by atoms with Crippen LogP contribution in [0, 0.1) is 0 Å². The number of ether oxygens (including phenoxy) is 2. The lowest BCUT2D eigenvalue weighted by Crippen LogP contribution is -2.36. The molecule has 0 N–H and O–H groups in total. The molecule has 0 amide bonds. The second kappa shape index (κ2) is 7.97. The van der Waals surface area contributed by atoms with Crippen molar-refractivity contribution >= 4 is 0 Å². The molecule has 0 atom stereocenters. The maximum atomic E-state index is 5.47. The summed E-state index contributed by atoms with van der Waals surface area (Å²) in [4.78, 5) is 2.48. The molecule has 19 heavy (non-hydrogen) atoms. The number of rotatable bonds is 7. The van der Waals surface area contributed by atoms with Crippen molar-refractivity contribution in [2.45, 2.75) is 12.8 Å². The summed E-state index contributed by atoms with van der Waals surface area (Å²) < 4.78 is 10.8. The van der Waals surface area contributed by atoms with E-state index in [2.05, 4.69) is 23.6 Å². The molecule has 1 fully saturated rings. The van der Waals surface area contributed by atoms with Crippen molar-refractivity contribution in [2.24, 2.45) is 0 Å². The highest BCUT2D eigenvalue weighted by Crippen LogP contribution is 2.13. The molecule has 1 aromatic carbocycles. The maximum absolute atomic E-state index is 5.47. The summed E-state index contributed by atoms with van der Waals surface area (Å²) in [5.74, 6) is 0.914. The van der Waals surface area contributed by atoms with Crippen molar-refractivity contribution in [3.63, 3.8) is 0 Å². The highest BCUT2D eigenvalue weighted by atomic mass is 16.5. The molecule has 0 saturated carbocycles. The zero-order chi connectivity index (χ0) is 13.3. The Hall–Kier alpha value is -1.32. The molecule has 0 spiro atoms. The molecule has 2 rings (SSSR count). The molecule has 0 unspecified atom stereocenters. The molecule has 1 aromatic rings. The molecule has 0 aliphatic carbocycles. The van der Waals surface area contributed by atoms with Crippen LogP contribution in [0.25, 0.3) is 0 Å². The second-order valence-electron chi connectivity index (χ2n) is 4.80. The molecule has 0 radical (unpaired) electrons. The molecule has 1 heterocycles. The van der Waals surface area contributed by atoms with Crippen molar-refractivity contribution in [2.75, 3.05) is 39.5 Å². The number of aryl methyl sites for hydroxylation is 1. The standard InChI is InChI=1S/C16H23NO2/c1-2-12-19-16-7-5-15(6-8-16)4-3-9-17-10-13-18-14-11-17/h2,5-8H,1,3-4,9-14H2. The van der Waals surface area contributed by atoms with Crippen LogP contribution in [0.5, 0.6) is 5.75 Å². The Morgan fingerprint density at radius 2 is 1.95 bits per heavy atom. The van der Waals surface area contributed by atoms with E-state index in [1.54, 1.807) is 6.08 Å². The zero-order valence-corrected chi connectivity index (χ0v) is 11.5. The smallest absolute Gasteiger partial charge is 0.119 e. The van der Waals surface area contributed by atoms with Gasteiger partial charge in [0.1, 0.15) is 12.4 Å². The predicted octanol–water partition coefficient (Wildman–Crippen LogP) is 2.52. The fraction of sp³-hybridized carbons (Fsp3) is 0.500. The summed E-state index contributed by atoms with van der Waals surface area (Å²) in [7, 11) is 0. The summed E-state index contributed by atoms with van der Waals surface area (Å²) in [6, 6.07) is 8.37. The lowest BCUT2D eigenvalue weighted by molar-refractivity contribution is 0.0374. The summed E-state index contributed by atoms with van der Waals surface area (Å²) in [6.45, 7) is 9.29. The van der Waals surface area contributed by atoms with E-state index in [1.807, 2.05) is 12.1 Å². The molecule has 0 bridgehead atoms. The van der Waals surface area contributed by atoms with Gasteiger partial charge in [-0.15, -0.1) is 0 Å². The van der Waals surface area contributed by atoms with E-state index in [-0.39, 0.29) is 0 Å². The van der Waals surface area contributed by atoms with Crippen molar-refractivity contribution in [3.8, 4) is 5.75 Å². The van der Waals surface area contributed by atoms with Gasteiger partial charge in [0.05, 0.1) is 13.2 Å². The Bertz CT molecular complexity index is 369. The molecule has 104 valence electrons. The first kappa shape index (κ1) is 14.1. The van der Waals surface area contributed by atoms with Gasteiger partial charge in [0, 0.05) is 13.1 Å². The van der Waals surface area contributed by atoms with Crippen LogP contribution in [-0.2, 0) is 11.2 Å². The Balaban J connectivity index is 1.68. The number of benzene rings is 1. The van der Waals surface area contributed by atoms with Crippen molar-refractivity contribution < 1.29 is 9.47 Å². The highest BCUT2D eigenvalue weighted by Gasteiger charge is 2.09. The monoisotopic (exact) mass is 261 g/mol. The largest absolute Gasteiger partial charge is 0.490 e. The van der Waals surface area contributed by atoms with Gasteiger partial charge >= 0.3 is 0 Å². The first-order valence-corrected chi connectivity index (χ1v) is 7.01. The lowest BCUT2D eigenvalue weighted by atomic mass is 10.1. The number of hydrogen-bond acceptors (Lipinski definition) is 3. The van der Waals surface area contributed by atoms with Crippen LogP contribution in [0.2, 0.25) is 0 Å². The van der Waals surface area contributed by atoms with E-state index in [0.29, 0.717) is 6.61 Å². The van der Waals surface area contributed by atoms with Crippen LogP contribution in [0.15, 0.2) is 36.9 Å². The zero-order valence-electron chi connectivity index (χ0n) is 11.5. The minimum atomic E-state index is 0.566. The van der Waals surface area contributed by atoms with Crippen LogP contribution >= 0.6 is 0 Å². The third-order valence-corrected chi connectivity index (χ3v) is 3.33. The molecular formula is C16H23NO2. The average molecular weight is 261 g/mol. The molecule has 3 heteroatoms. The van der Waals surface area contributed by atoms with Gasteiger partial charge in [-0.1, -0.05) is 24.8 Å². The van der Waals surface area contributed by atoms with Crippen molar-refractivity contribution in [3.05, 3.63) is 42.5 Å². The van der Waals surface area contributed by atoms with Crippen LogP contribution in [-0.4, -0.2) is 44.4 Å². The van der Waals surface area contributed by atoms with Crippen molar-refractivity contribution in [1.29, 1.82) is 0 Å². The summed E-state index contributed by atoms with van der Waals surface area (Å²) in [6.07, 6.45) is 4.09. The Kier molecular flexibility index (Phi) is 5.92. The van der Waals surface area contributed by atoms with Crippen LogP contribution in [0.3, 0.4) is 0 Å². The first-order chi connectivity index (χ1) is 9.38. The lowest BCUT2D eigenvalue weighted by Gasteiger charge is -2.26. The van der Waals surface area contributed by atoms with Gasteiger partial charge in [0.15, 0.2) is 0 Å².